The van der Waals surface area contributed by atoms with Gasteiger partial charge in [-0.05, 0) is 87.7 Å². The second kappa shape index (κ2) is 8.71. The minimum atomic E-state index is 0.461. The summed E-state index contributed by atoms with van der Waals surface area (Å²) in [5, 5.41) is 1.35. The van der Waals surface area contributed by atoms with E-state index >= 15 is 0 Å². The van der Waals surface area contributed by atoms with Crippen molar-refractivity contribution in [3.63, 3.8) is 0 Å². The summed E-state index contributed by atoms with van der Waals surface area (Å²) in [6.07, 6.45) is 6.89. The molecular weight excluding hydrogens is 470 g/mol. The predicted molar refractivity (Wildman–Crippen MR) is 164 cm³/mol. The van der Waals surface area contributed by atoms with Crippen LogP contribution in [0.4, 0.5) is 0 Å². The Morgan fingerprint density at radius 2 is 1.31 bits per heavy atom. The second-order valence-corrected chi connectivity index (χ2v) is 10.8. The van der Waals surface area contributed by atoms with Gasteiger partial charge in [-0.25, -0.2) is 0 Å². The van der Waals surface area contributed by atoms with Crippen LogP contribution in [0.3, 0.4) is 0 Å². The summed E-state index contributed by atoms with van der Waals surface area (Å²) in [5.41, 5.74) is 16.0. The van der Waals surface area contributed by atoms with Crippen molar-refractivity contribution in [3.05, 3.63) is 144 Å². The van der Waals surface area contributed by atoms with Crippen LogP contribution in [0.5, 0.6) is 0 Å². The topological polar surface area (TPSA) is 4.93 Å². The average Bonchev–Trinajstić information content (AvgIpc) is 3.53. The highest BCUT2D eigenvalue weighted by Gasteiger charge is 2.34. The van der Waals surface area contributed by atoms with E-state index in [9.17, 15) is 0 Å². The van der Waals surface area contributed by atoms with Crippen LogP contribution in [0.2, 0.25) is 0 Å². The fourth-order valence-electron chi connectivity index (χ4n) is 6.69. The van der Waals surface area contributed by atoms with E-state index < -0.39 is 0 Å². The SMILES string of the molecule is CCc1ccc2c(c1)C1CC=Cc3c1n-2c1ccc(-c2cccc(-c4cccc(-c5ccccc5)c4)c2)cc31. The Kier molecular flexibility index (Phi) is 5.00. The van der Waals surface area contributed by atoms with Crippen molar-refractivity contribution in [2.75, 3.05) is 0 Å². The molecule has 1 unspecified atom stereocenters. The molecule has 0 amide bonds. The molecule has 1 atom stereocenters. The molecule has 0 bridgehead atoms. The van der Waals surface area contributed by atoms with Gasteiger partial charge < -0.3 is 4.57 Å². The van der Waals surface area contributed by atoms with Crippen LogP contribution in [0.1, 0.15) is 41.6 Å². The van der Waals surface area contributed by atoms with E-state index in [0.717, 1.165) is 12.8 Å². The first kappa shape index (κ1) is 22.4. The van der Waals surface area contributed by atoms with E-state index in [4.69, 9.17) is 0 Å². The van der Waals surface area contributed by atoms with Gasteiger partial charge in [-0.1, -0.05) is 104 Å². The normalized spacial score (nSPS) is 14.9. The van der Waals surface area contributed by atoms with Crippen LogP contribution in [0.15, 0.2) is 121 Å². The van der Waals surface area contributed by atoms with Gasteiger partial charge in [0.25, 0.3) is 0 Å². The van der Waals surface area contributed by atoms with Crippen molar-refractivity contribution in [2.24, 2.45) is 0 Å². The zero-order valence-corrected chi connectivity index (χ0v) is 22.1. The van der Waals surface area contributed by atoms with Gasteiger partial charge in [0.2, 0.25) is 0 Å². The zero-order chi connectivity index (χ0) is 25.9. The summed E-state index contributed by atoms with van der Waals surface area (Å²) >= 11 is 0. The Balaban J connectivity index is 1.23. The summed E-state index contributed by atoms with van der Waals surface area (Å²) in [5.74, 6) is 0.461. The molecule has 5 aromatic carbocycles. The molecule has 2 aliphatic rings. The van der Waals surface area contributed by atoms with Crippen molar-refractivity contribution in [1.29, 1.82) is 0 Å². The van der Waals surface area contributed by atoms with Crippen molar-refractivity contribution < 1.29 is 0 Å². The summed E-state index contributed by atoms with van der Waals surface area (Å²) in [6, 6.07) is 42.6. The van der Waals surface area contributed by atoms with Gasteiger partial charge in [0.15, 0.2) is 0 Å². The number of aryl methyl sites for hydroxylation is 1. The standard InChI is InChI=1S/C38H29N/c1-2-25-17-19-36-34(21-25)32-15-8-16-33-35-24-31(18-20-37(35)39(36)38(32)33)30-14-7-13-29(23-30)28-12-6-11-27(22-28)26-9-4-3-5-10-26/h3-14,16-24,32H,2,15H2,1H3. The highest BCUT2D eigenvalue weighted by atomic mass is 15.0. The lowest BCUT2D eigenvalue weighted by Crippen LogP contribution is -2.01. The van der Waals surface area contributed by atoms with Crippen LogP contribution < -0.4 is 0 Å². The van der Waals surface area contributed by atoms with E-state index in [-0.39, 0.29) is 0 Å². The third kappa shape index (κ3) is 3.47. The molecule has 1 aliphatic heterocycles. The van der Waals surface area contributed by atoms with Gasteiger partial charge in [0.05, 0.1) is 5.52 Å². The Hall–Kier alpha value is -4.62. The molecule has 6 aromatic rings. The number of hydrogen-bond donors (Lipinski definition) is 0. The van der Waals surface area contributed by atoms with E-state index in [2.05, 4.69) is 139 Å². The first-order chi connectivity index (χ1) is 19.3. The summed E-state index contributed by atoms with van der Waals surface area (Å²) < 4.78 is 2.53. The smallest absolute Gasteiger partial charge is 0.0538 e. The molecule has 186 valence electrons. The Morgan fingerprint density at radius 3 is 2.03 bits per heavy atom. The van der Waals surface area contributed by atoms with E-state index in [1.54, 1.807) is 0 Å². The van der Waals surface area contributed by atoms with Gasteiger partial charge in [-0.3, -0.25) is 0 Å². The number of rotatable bonds is 4. The van der Waals surface area contributed by atoms with Crippen molar-refractivity contribution in [3.8, 4) is 39.1 Å². The average molecular weight is 500 g/mol. The molecule has 1 aromatic heterocycles. The van der Waals surface area contributed by atoms with Crippen molar-refractivity contribution >= 4 is 17.0 Å². The number of fused-ring (bicyclic) bond motifs is 6. The van der Waals surface area contributed by atoms with Gasteiger partial charge in [0, 0.05) is 28.2 Å². The molecule has 0 saturated carbocycles. The third-order valence-corrected chi connectivity index (χ3v) is 8.65. The molecule has 2 heterocycles. The molecule has 0 saturated heterocycles. The molecule has 1 aliphatic carbocycles. The first-order valence-electron chi connectivity index (χ1n) is 14.0. The van der Waals surface area contributed by atoms with Crippen LogP contribution in [0.25, 0.3) is 56.0 Å². The highest BCUT2D eigenvalue weighted by molar-refractivity contribution is 5.98. The van der Waals surface area contributed by atoms with Crippen LogP contribution in [-0.2, 0) is 6.42 Å². The van der Waals surface area contributed by atoms with Crippen molar-refractivity contribution in [2.45, 2.75) is 25.7 Å². The van der Waals surface area contributed by atoms with E-state index in [0.29, 0.717) is 5.92 Å². The first-order valence-corrected chi connectivity index (χ1v) is 14.0. The molecule has 1 heteroatoms. The quantitative estimate of drug-likeness (QED) is 0.227. The van der Waals surface area contributed by atoms with Gasteiger partial charge in [0.1, 0.15) is 0 Å². The second-order valence-electron chi connectivity index (χ2n) is 10.8. The Morgan fingerprint density at radius 1 is 0.641 bits per heavy atom. The number of nitrogens with zero attached hydrogens (tertiary/aromatic N) is 1. The molecule has 8 rings (SSSR count). The van der Waals surface area contributed by atoms with E-state index in [1.807, 2.05) is 0 Å². The van der Waals surface area contributed by atoms with Crippen molar-refractivity contribution in [1.82, 2.24) is 4.57 Å². The number of aromatic nitrogens is 1. The molecule has 39 heavy (non-hydrogen) atoms. The summed E-state index contributed by atoms with van der Waals surface area (Å²) in [7, 11) is 0. The molecule has 0 spiro atoms. The van der Waals surface area contributed by atoms with Crippen LogP contribution >= 0.6 is 0 Å². The summed E-state index contributed by atoms with van der Waals surface area (Å²) in [4.78, 5) is 0. The largest absolute Gasteiger partial charge is 0.312 e. The third-order valence-electron chi connectivity index (χ3n) is 8.65. The van der Waals surface area contributed by atoms with Crippen LogP contribution in [0, 0.1) is 0 Å². The Bertz CT molecular complexity index is 1920. The van der Waals surface area contributed by atoms with E-state index in [1.165, 1.54) is 72.4 Å². The predicted octanol–water partition coefficient (Wildman–Crippen LogP) is 10.1. The fourth-order valence-corrected chi connectivity index (χ4v) is 6.69. The number of hydrogen-bond acceptors (Lipinski definition) is 0. The maximum atomic E-state index is 2.53. The minimum Gasteiger partial charge on any atom is -0.312 e. The molecule has 0 fully saturated rings. The Labute approximate surface area is 229 Å². The lowest BCUT2D eigenvalue weighted by molar-refractivity contribution is 0.818. The van der Waals surface area contributed by atoms with Gasteiger partial charge in [-0.15, -0.1) is 0 Å². The summed E-state index contributed by atoms with van der Waals surface area (Å²) in [6.45, 7) is 2.25. The molecule has 1 nitrogen and oxygen atoms in total. The van der Waals surface area contributed by atoms with Gasteiger partial charge >= 0.3 is 0 Å². The van der Waals surface area contributed by atoms with Crippen LogP contribution in [-0.4, -0.2) is 4.57 Å². The monoisotopic (exact) mass is 499 g/mol. The lowest BCUT2D eigenvalue weighted by Gasteiger charge is -2.15. The lowest BCUT2D eigenvalue weighted by atomic mass is 9.86. The highest BCUT2D eigenvalue weighted by Crippen LogP contribution is 2.49. The molecular formula is C38H29N. The number of benzene rings is 5. The zero-order valence-electron chi connectivity index (χ0n) is 22.1. The maximum Gasteiger partial charge on any atom is 0.0538 e. The molecule has 0 radical (unpaired) electrons. The fraction of sp³-hybridized carbons (Fsp3) is 0.105. The minimum absolute atomic E-state index is 0.461. The molecule has 0 N–H and O–H groups in total. The number of allylic oxidation sites excluding steroid dienone is 1. The maximum absolute atomic E-state index is 2.53. The van der Waals surface area contributed by atoms with Gasteiger partial charge in [-0.2, -0.15) is 0 Å².